The number of benzene rings is 1. The molecule has 0 radical (unpaired) electrons. The van der Waals surface area contributed by atoms with Crippen molar-refractivity contribution in [2.24, 2.45) is 0 Å². The highest BCUT2D eigenvalue weighted by Gasteiger charge is 2.22. The van der Waals surface area contributed by atoms with Crippen LogP contribution in [-0.2, 0) is 13.0 Å². The summed E-state index contributed by atoms with van der Waals surface area (Å²) in [5.41, 5.74) is 1.72. The summed E-state index contributed by atoms with van der Waals surface area (Å²) in [4.78, 5) is 19.9. The van der Waals surface area contributed by atoms with Crippen LogP contribution in [0.5, 0.6) is 0 Å². The summed E-state index contributed by atoms with van der Waals surface area (Å²) in [6.45, 7) is 1.16. The van der Waals surface area contributed by atoms with E-state index in [0.717, 1.165) is 6.54 Å². The van der Waals surface area contributed by atoms with Crippen LogP contribution in [0.15, 0.2) is 22.7 Å². The minimum absolute atomic E-state index is 0.0293. The van der Waals surface area contributed by atoms with Gasteiger partial charge in [-0.3, -0.25) is 0 Å². The van der Waals surface area contributed by atoms with E-state index in [-0.39, 0.29) is 11.5 Å². The SMILES string of the molecule is O=C(O)c1nc(-c2cc(F)ccc2Br)nc2c1CNCC2. The summed E-state index contributed by atoms with van der Waals surface area (Å²) in [6.07, 6.45) is 0.623. The van der Waals surface area contributed by atoms with Gasteiger partial charge in [0.15, 0.2) is 11.5 Å². The largest absolute Gasteiger partial charge is 0.476 e. The van der Waals surface area contributed by atoms with Crippen molar-refractivity contribution in [2.75, 3.05) is 6.54 Å². The number of aromatic nitrogens is 2. The van der Waals surface area contributed by atoms with Crippen LogP contribution in [0.3, 0.4) is 0 Å². The Bertz CT molecular complexity index is 736. The quantitative estimate of drug-likeness (QED) is 0.868. The first-order chi connectivity index (χ1) is 10.1. The lowest BCUT2D eigenvalue weighted by Gasteiger charge is -2.18. The Morgan fingerprint density at radius 1 is 1.38 bits per heavy atom. The predicted molar refractivity (Wildman–Crippen MR) is 77.5 cm³/mol. The van der Waals surface area contributed by atoms with E-state index >= 15 is 0 Å². The van der Waals surface area contributed by atoms with Crippen molar-refractivity contribution in [1.82, 2.24) is 15.3 Å². The Hall–Kier alpha value is -1.86. The molecular weight excluding hydrogens is 341 g/mol. The second-order valence-electron chi connectivity index (χ2n) is 4.68. The molecule has 2 N–H and O–H groups in total. The number of aromatic carboxylic acids is 1. The van der Waals surface area contributed by atoms with Crippen LogP contribution < -0.4 is 5.32 Å². The number of rotatable bonds is 2. The van der Waals surface area contributed by atoms with Gasteiger partial charge in [0.1, 0.15) is 5.82 Å². The number of carbonyl (C=O) groups is 1. The van der Waals surface area contributed by atoms with Crippen LogP contribution in [0.4, 0.5) is 4.39 Å². The summed E-state index contributed by atoms with van der Waals surface area (Å²) < 4.78 is 14.0. The molecule has 1 aromatic heterocycles. The lowest BCUT2D eigenvalue weighted by atomic mass is 10.0. The van der Waals surface area contributed by atoms with E-state index in [1.54, 1.807) is 6.07 Å². The Labute approximate surface area is 128 Å². The zero-order chi connectivity index (χ0) is 15.0. The van der Waals surface area contributed by atoms with E-state index in [9.17, 15) is 14.3 Å². The topological polar surface area (TPSA) is 75.1 Å². The minimum atomic E-state index is -1.11. The Morgan fingerprint density at radius 2 is 2.19 bits per heavy atom. The molecule has 108 valence electrons. The molecule has 1 aromatic carbocycles. The maximum absolute atomic E-state index is 13.4. The molecule has 0 fully saturated rings. The normalized spacial score (nSPS) is 13.8. The third kappa shape index (κ3) is 2.66. The summed E-state index contributed by atoms with van der Waals surface area (Å²) in [7, 11) is 0. The van der Waals surface area contributed by atoms with E-state index in [1.165, 1.54) is 12.1 Å². The average molecular weight is 352 g/mol. The van der Waals surface area contributed by atoms with Crippen molar-refractivity contribution in [2.45, 2.75) is 13.0 Å². The van der Waals surface area contributed by atoms with Gasteiger partial charge in [0.25, 0.3) is 0 Å². The number of nitrogens with one attached hydrogen (secondary N) is 1. The molecule has 0 saturated heterocycles. The van der Waals surface area contributed by atoms with Crippen LogP contribution in [0.25, 0.3) is 11.4 Å². The number of carboxylic acids is 1. The predicted octanol–water partition coefficient (Wildman–Crippen LogP) is 2.39. The second kappa shape index (κ2) is 5.50. The maximum atomic E-state index is 13.4. The van der Waals surface area contributed by atoms with E-state index in [2.05, 4.69) is 31.2 Å². The van der Waals surface area contributed by atoms with E-state index in [1.807, 2.05) is 0 Å². The van der Waals surface area contributed by atoms with Crippen molar-refractivity contribution < 1.29 is 14.3 Å². The third-order valence-corrected chi connectivity index (χ3v) is 4.00. The minimum Gasteiger partial charge on any atom is -0.476 e. The summed E-state index contributed by atoms with van der Waals surface area (Å²) in [6, 6.07) is 4.15. The van der Waals surface area contributed by atoms with Gasteiger partial charge in [-0.1, -0.05) is 15.9 Å². The zero-order valence-corrected chi connectivity index (χ0v) is 12.4. The second-order valence-corrected chi connectivity index (χ2v) is 5.53. The van der Waals surface area contributed by atoms with Crippen LogP contribution >= 0.6 is 15.9 Å². The van der Waals surface area contributed by atoms with Gasteiger partial charge >= 0.3 is 5.97 Å². The molecule has 0 unspecified atom stereocenters. The lowest BCUT2D eigenvalue weighted by Crippen LogP contribution is -2.28. The highest BCUT2D eigenvalue weighted by atomic mass is 79.9. The first-order valence-corrected chi connectivity index (χ1v) is 7.15. The molecule has 7 heteroatoms. The fraction of sp³-hybridized carbons (Fsp3) is 0.214. The molecule has 0 spiro atoms. The molecule has 2 heterocycles. The summed E-state index contributed by atoms with van der Waals surface area (Å²) in [5, 5.41) is 12.4. The Morgan fingerprint density at radius 3 is 2.95 bits per heavy atom. The number of nitrogens with zero attached hydrogens (tertiary/aromatic N) is 2. The van der Waals surface area contributed by atoms with Gasteiger partial charge in [0.2, 0.25) is 0 Å². The average Bonchev–Trinajstić information content (AvgIpc) is 2.48. The van der Waals surface area contributed by atoms with Crippen molar-refractivity contribution in [3.05, 3.63) is 45.4 Å². The molecule has 1 aliphatic rings. The van der Waals surface area contributed by atoms with Gasteiger partial charge in [-0.15, -0.1) is 0 Å². The zero-order valence-electron chi connectivity index (χ0n) is 10.9. The van der Waals surface area contributed by atoms with Crippen molar-refractivity contribution in [3.63, 3.8) is 0 Å². The molecule has 0 saturated carbocycles. The first kappa shape index (κ1) is 14.1. The number of halogens is 2. The van der Waals surface area contributed by atoms with Crippen LogP contribution in [0, 0.1) is 5.82 Å². The van der Waals surface area contributed by atoms with E-state index in [0.29, 0.717) is 34.3 Å². The van der Waals surface area contributed by atoms with Crippen LogP contribution in [-0.4, -0.2) is 27.6 Å². The molecule has 21 heavy (non-hydrogen) atoms. The highest BCUT2D eigenvalue weighted by Crippen LogP contribution is 2.28. The van der Waals surface area contributed by atoms with Gasteiger partial charge in [-0.2, -0.15) is 0 Å². The van der Waals surface area contributed by atoms with Gasteiger partial charge in [-0.05, 0) is 18.2 Å². The molecule has 0 aliphatic carbocycles. The van der Waals surface area contributed by atoms with Crippen molar-refractivity contribution in [3.8, 4) is 11.4 Å². The van der Waals surface area contributed by atoms with Gasteiger partial charge < -0.3 is 10.4 Å². The highest BCUT2D eigenvalue weighted by molar-refractivity contribution is 9.10. The first-order valence-electron chi connectivity index (χ1n) is 6.35. The fourth-order valence-corrected chi connectivity index (χ4v) is 2.73. The van der Waals surface area contributed by atoms with Gasteiger partial charge in [0, 0.05) is 35.1 Å². The molecule has 0 atom stereocenters. The Balaban J connectivity index is 2.22. The number of carboxylic acid groups (broad SMARTS) is 1. The molecule has 5 nitrogen and oxygen atoms in total. The van der Waals surface area contributed by atoms with Crippen LogP contribution in [0.2, 0.25) is 0 Å². The van der Waals surface area contributed by atoms with E-state index in [4.69, 9.17) is 0 Å². The van der Waals surface area contributed by atoms with Crippen molar-refractivity contribution >= 4 is 21.9 Å². The Kier molecular flexibility index (Phi) is 3.69. The number of hydrogen-bond donors (Lipinski definition) is 2. The molecule has 0 amide bonds. The van der Waals surface area contributed by atoms with Gasteiger partial charge in [0.05, 0.1) is 5.69 Å². The van der Waals surface area contributed by atoms with Gasteiger partial charge in [-0.25, -0.2) is 19.2 Å². The van der Waals surface area contributed by atoms with Crippen molar-refractivity contribution in [1.29, 1.82) is 0 Å². The molecule has 2 aromatic rings. The third-order valence-electron chi connectivity index (χ3n) is 3.31. The number of fused-ring (bicyclic) bond motifs is 1. The monoisotopic (exact) mass is 351 g/mol. The smallest absolute Gasteiger partial charge is 0.354 e. The summed E-state index contributed by atoms with van der Waals surface area (Å²) in [5.74, 6) is -1.31. The standard InChI is InChI=1S/C14H11BrFN3O2/c15-10-2-1-7(16)5-8(10)13-18-11-3-4-17-6-9(11)12(19-13)14(20)21/h1-2,5,17H,3-4,6H2,(H,20,21). The summed E-state index contributed by atoms with van der Waals surface area (Å²) >= 11 is 3.32. The maximum Gasteiger partial charge on any atom is 0.354 e. The van der Waals surface area contributed by atoms with E-state index < -0.39 is 11.8 Å². The molecule has 1 aliphatic heterocycles. The molecular formula is C14H11BrFN3O2. The molecule has 0 bridgehead atoms. The molecule has 3 rings (SSSR count). The fourth-order valence-electron chi connectivity index (χ4n) is 2.31. The van der Waals surface area contributed by atoms with Crippen LogP contribution in [0.1, 0.15) is 21.7 Å². The number of hydrogen-bond acceptors (Lipinski definition) is 4. The lowest BCUT2D eigenvalue weighted by molar-refractivity contribution is 0.0688.